The summed E-state index contributed by atoms with van der Waals surface area (Å²) < 4.78 is 5.66. The smallest absolute Gasteiger partial charge is 0.255 e. The molecule has 1 saturated carbocycles. The molecule has 4 nitrogen and oxygen atoms in total. The Hall–Kier alpha value is -1.71. The Balaban J connectivity index is 1.63. The number of rotatable bonds is 3. The molecule has 0 radical (unpaired) electrons. The van der Waals surface area contributed by atoms with Crippen LogP contribution in [-0.4, -0.2) is 25.6 Å². The van der Waals surface area contributed by atoms with Crippen molar-refractivity contribution in [3.8, 4) is 5.75 Å². The van der Waals surface area contributed by atoms with Crippen molar-refractivity contribution in [1.82, 2.24) is 5.32 Å². The molecule has 0 spiro atoms. The van der Waals surface area contributed by atoms with Crippen LogP contribution in [0.5, 0.6) is 5.75 Å². The Bertz CT molecular complexity index is 516. The van der Waals surface area contributed by atoms with Crippen molar-refractivity contribution in [2.45, 2.75) is 32.6 Å². The molecule has 1 aromatic carbocycles. The van der Waals surface area contributed by atoms with E-state index in [1.165, 1.54) is 25.7 Å². The van der Waals surface area contributed by atoms with Crippen LogP contribution in [0.25, 0.3) is 0 Å². The van der Waals surface area contributed by atoms with Gasteiger partial charge in [-0.1, -0.05) is 25.8 Å². The molecule has 4 heteroatoms. The Morgan fingerprint density at radius 1 is 1.43 bits per heavy atom. The largest absolute Gasteiger partial charge is 0.489 e. The zero-order valence-corrected chi connectivity index (χ0v) is 12.7. The molecule has 3 rings (SSSR count). The Morgan fingerprint density at radius 3 is 3.19 bits per heavy atom. The van der Waals surface area contributed by atoms with E-state index in [9.17, 15) is 4.79 Å². The zero-order chi connectivity index (χ0) is 14.7. The van der Waals surface area contributed by atoms with E-state index in [2.05, 4.69) is 17.6 Å². The molecule has 2 aliphatic rings. The van der Waals surface area contributed by atoms with Gasteiger partial charge in [0.1, 0.15) is 6.61 Å². The van der Waals surface area contributed by atoms with Gasteiger partial charge in [0.05, 0.1) is 11.3 Å². The van der Waals surface area contributed by atoms with Crippen LogP contribution in [-0.2, 0) is 0 Å². The standard InChI is InChI=1S/C17H24N2O2/c1-12-4-2-5-13(10-12)11-19-17(20)14-6-3-7-15-16(14)21-9-8-18-15/h3,6-7,12-13,18H,2,4-5,8-11H2,1H3,(H,19,20). The van der Waals surface area contributed by atoms with Gasteiger partial charge in [-0.25, -0.2) is 0 Å². The molecule has 1 aromatic rings. The third-order valence-electron chi connectivity index (χ3n) is 4.52. The third-order valence-corrected chi connectivity index (χ3v) is 4.52. The predicted octanol–water partition coefficient (Wildman–Crippen LogP) is 3.05. The summed E-state index contributed by atoms with van der Waals surface area (Å²) in [6, 6.07) is 5.69. The minimum atomic E-state index is -0.0197. The van der Waals surface area contributed by atoms with Crippen molar-refractivity contribution in [3.05, 3.63) is 23.8 Å². The quantitative estimate of drug-likeness (QED) is 0.899. The molecule has 114 valence electrons. The number of benzene rings is 1. The van der Waals surface area contributed by atoms with Gasteiger partial charge in [0.2, 0.25) is 0 Å². The summed E-state index contributed by atoms with van der Waals surface area (Å²) in [6.07, 6.45) is 5.08. The Labute approximate surface area is 126 Å². The van der Waals surface area contributed by atoms with E-state index in [4.69, 9.17) is 4.74 Å². The summed E-state index contributed by atoms with van der Waals surface area (Å²) in [5.74, 6) is 2.08. The molecule has 1 aliphatic heterocycles. The van der Waals surface area contributed by atoms with Crippen molar-refractivity contribution in [1.29, 1.82) is 0 Å². The summed E-state index contributed by atoms with van der Waals surface area (Å²) in [5.41, 5.74) is 1.56. The second-order valence-corrected chi connectivity index (χ2v) is 6.31. The summed E-state index contributed by atoms with van der Waals surface area (Å²) in [6.45, 7) is 4.48. The second kappa shape index (κ2) is 6.37. The van der Waals surface area contributed by atoms with E-state index < -0.39 is 0 Å². The van der Waals surface area contributed by atoms with Gasteiger partial charge in [-0.15, -0.1) is 0 Å². The van der Waals surface area contributed by atoms with Crippen LogP contribution < -0.4 is 15.4 Å². The van der Waals surface area contributed by atoms with Gasteiger partial charge in [0, 0.05) is 13.1 Å². The van der Waals surface area contributed by atoms with E-state index in [-0.39, 0.29) is 5.91 Å². The Kier molecular flexibility index (Phi) is 4.32. The molecule has 2 unspecified atom stereocenters. The maximum absolute atomic E-state index is 12.4. The van der Waals surface area contributed by atoms with Crippen molar-refractivity contribution >= 4 is 11.6 Å². The first kappa shape index (κ1) is 14.2. The molecule has 0 aromatic heterocycles. The van der Waals surface area contributed by atoms with Crippen molar-refractivity contribution in [3.63, 3.8) is 0 Å². The van der Waals surface area contributed by atoms with Gasteiger partial charge in [-0.05, 0) is 36.8 Å². The van der Waals surface area contributed by atoms with Crippen LogP contribution in [0.1, 0.15) is 43.0 Å². The van der Waals surface area contributed by atoms with E-state index in [0.717, 1.165) is 24.7 Å². The molecule has 1 aliphatic carbocycles. The number of anilines is 1. The van der Waals surface area contributed by atoms with Gasteiger partial charge in [-0.3, -0.25) is 4.79 Å². The minimum absolute atomic E-state index is 0.0197. The van der Waals surface area contributed by atoms with Crippen molar-refractivity contribution in [2.24, 2.45) is 11.8 Å². The second-order valence-electron chi connectivity index (χ2n) is 6.31. The average molecular weight is 288 g/mol. The van der Waals surface area contributed by atoms with Gasteiger partial charge < -0.3 is 15.4 Å². The minimum Gasteiger partial charge on any atom is -0.489 e. The van der Waals surface area contributed by atoms with Crippen LogP contribution in [0.15, 0.2) is 18.2 Å². The zero-order valence-electron chi connectivity index (χ0n) is 12.7. The van der Waals surface area contributed by atoms with Gasteiger partial charge in [-0.2, -0.15) is 0 Å². The lowest BCUT2D eigenvalue weighted by atomic mass is 9.82. The van der Waals surface area contributed by atoms with E-state index in [1.807, 2.05) is 18.2 Å². The SMILES string of the molecule is CC1CCCC(CNC(=O)c2cccc3c2OCCN3)C1. The third kappa shape index (κ3) is 3.31. The molecule has 2 atom stereocenters. The maximum atomic E-state index is 12.4. The highest BCUT2D eigenvalue weighted by atomic mass is 16.5. The van der Waals surface area contributed by atoms with Crippen LogP contribution in [0.3, 0.4) is 0 Å². The number of fused-ring (bicyclic) bond motifs is 1. The fourth-order valence-corrected chi connectivity index (χ4v) is 3.43. The fourth-order valence-electron chi connectivity index (χ4n) is 3.43. The van der Waals surface area contributed by atoms with E-state index >= 15 is 0 Å². The highest BCUT2D eigenvalue weighted by Gasteiger charge is 2.22. The number of ether oxygens (including phenoxy) is 1. The average Bonchev–Trinajstić information content (AvgIpc) is 2.52. The monoisotopic (exact) mass is 288 g/mol. The van der Waals surface area contributed by atoms with Crippen LogP contribution in [0, 0.1) is 11.8 Å². The molecule has 0 saturated heterocycles. The molecule has 1 fully saturated rings. The topological polar surface area (TPSA) is 50.4 Å². The van der Waals surface area contributed by atoms with Crippen molar-refractivity contribution in [2.75, 3.05) is 25.0 Å². The molecular formula is C17H24N2O2. The summed E-state index contributed by atoms with van der Waals surface area (Å²) in [7, 11) is 0. The number of carbonyl (C=O) groups is 1. The molecule has 0 bridgehead atoms. The lowest BCUT2D eigenvalue weighted by Gasteiger charge is -2.27. The van der Waals surface area contributed by atoms with E-state index in [1.54, 1.807) is 0 Å². The fraction of sp³-hybridized carbons (Fsp3) is 0.588. The lowest BCUT2D eigenvalue weighted by molar-refractivity contribution is 0.0936. The first-order chi connectivity index (χ1) is 10.2. The van der Waals surface area contributed by atoms with Crippen LogP contribution >= 0.6 is 0 Å². The lowest BCUT2D eigenvalue weighted by Crippen LogP contribution is -2.32. The summed E-state index contributed by atoms with van der Waals surface area (Å²) >= 11 is 0. The van der Waals surface area contributed by atoms with Crippen molar-refractivity contribution < 1.29 is 9.53 Å². The molecule has 1 heterocycles. The van der Waals surface area contributed by atoms with Crippen LogP contribution in [0.4, 0.5) is 5.69 Å². The summed E-state index contributed by atoms with van der Waals surface area (Å²) in [5, 5.41) is 6.36. The van der Waals surface area contributed by atoms with E-state index in [0.29, 0.717) is 23.8 Å². The van der Waals surface area contributed by atoms with Crippen LogP contribution in [0.2, 0.25) is 0 Å². The molecule has 2 N–H and O–H groups in total. The van der Waals surface area contributed by atoms with Gasteiger partial charge in [0.15, 0.2) is 5.75 Å². The predicted molar refractivity (Wildman–Crippen MR) is 83.9 cm³/mol. The summed E-state index contributed by atoms with van der Waals surface area (Å²) in [4.78, 5) is 12.4. The normalized spacial score (nSPS) is 24.4. The number of carbonyl (C=O) groups excluding carboxylic acids is 1. The molecule has 1 amide bonds. The highest BCUT2D eigenvalue weighted by molar-refractivity contribution is 5.98. The van der Waals surface area contributed by atoms with Gasteiger partial charge in [0.25, 0.3) is 5.91 Å². The number of nitrogens with one attached hydrogen (secondary N) is 2. The number of para-hydroxylation sites is 1. The number of amides is 1. The number of hydrogen-bond donors (Lipinski definition) is 2. The molecule has 21 heavy (non-hydrogen) atoms. The highest BCUT2D eigenvalue weighted by Crippen LogP contribution is 2.31. The van der Waals surface area contributed by atoms with Gasteiger partial charge >= 0.3 is 0 Å². The first-order valence-electron chi connectivity index (χ1n) is 8.02. The Morgan fingerprint density at radius 2 is 2.33 bits per heavy atom. The first-order valence-corrected chi connectivity index (χ1v) is 8.02. The maximum Gasteiger partial charge on any atom is 0.255 e. The molecular weight excluding hydrogens is 264 g/mol. The number of hydrogen-bond acceptors (Lipinski definition) is 3.